The molecule has 1 aromatic heterocycles. The van der Waals surface area contributed by atoms with Gasteiger partial charge in [-0.1, -0.05) is 0 Å². The molecule has 1 aromatic rings. The molecule has 1 N–H and O–H groups in total. The molecule has 2 saturated heterocycles. The van der Waals surface area contributed by atoms with Crippen molar-refractivity contribution in [3.8, 4) is 0 Å². The Hall–Kier alpha value is -1.14. The number of halogens is 1. The molecule has 0 spiro atoms. The molecule has 2 unspecified atom stereocenters. The van der Waals surface area contributed by atoms with Crippen LogP contribution in [-0.4, -0.2) is 46.8 Å². The summed E-state index contributed by atoms with van der Waals surface area (Å²) in [6.07, 6.45) is 3.49. The Morgan fingerprint density at radius 3 is 2.74 bits per heavy atom. The summed E-state index contributed by atoms with van der Waals surface area (Å²) >= 11 is 5.99. The average molecular weight is 284 g/mol. The van der Waals surface area contributed by atoms with Crippen molar-refractivity contribution in [1.82, 2.24) is 15.0 Å². The van der Waals surface area contributed by atoms with Gasteiger partial charge in [0.2, 0.25) is 17.2 Å². The van der Waals surface area contributed by atoms with Crippen LogP contribution in [0.25, 0.3) is 0 Å². The third-order valence-electron chi connectivity index (χ3n) is 3.68. The second-order valence-corrected chi connectivity index (χ2v) is 5.38. The van der Waals surface area contributed by atoms with Crippen molar-refractivity contribution in [3.63, 3.8) is 0 Å². The summed E-state index contributed by atoms with van der Waals surface area (Å²) in [5, 5.41) is 3.54. The first-order valence-corrected chi connectivity index (χ1v) is 7.15. The van der Waals surface area contributed by atoms with E-state index in [-0.39, 0.29) is 17.4 Å². The summed E-state index contributed by atoms with van der Waals surface area (Å²) in [5.41, 5.74) is 0. The quantitative estimate of drug-likeness (QED) is 0.911. The number of ether oxygens (including phenoxy) is 1. The lowest BCUT2D eigenvalue weighted by molar-refractivity contribution is 0.121. The van der Waals surface area contributed by atoms with Gasteiger partial charge in [-0.2, -0.15) is 15.0 Å². The summed E-state index contributed by atoms with van der Waals surface area (Å²) in [6, 6.07) is 0.241. The number of hydrogen-bond donors (Lipinski definition) is 1. The number of nitrogens with zero attached hydrogens (tertiary/aromatic N) is 4. The second-order valence-electron chi connectivity index (χ2n) is 5.04. The minimum Gasteiger partial charge on any atom is -0.376 e. The highest BCUT2D eigenvalue weighted by Gasteiger charge is 2.25. The van der Waals surface area contributed by atoms with E-state index < -0.39 is 0 Å². The first-order valence-electron chi connectivity index (χ1n) is 6.77. The van der Waals surface area contributed by atoms with E-state index in [1.165, 1.54) is 12.8 Å². The first kappa shape index (κ1) is 12.9. The number of aromatic nitrogens is 3. The lowest BCUT2D eigenvalue weighted by atomic mass is 10.2. The smallest absolute Gasteiger partial charge is 0.231 e. The maximum Gasteiger partial charge on any atom is 0.231 e. The highest BCUT2D eigenvalue weighted by molar-refractivity contribution is 6.28. The predicted octanol–water partition coefficient (Wildman–Crippen LogP) is 1.71. The number of nitrogens with one attached hydrogen (secondary N) is 1. The molecule has 0 radical (unpaired) electrons. The monoisotopic (exact) mass is 283 g/mol. The normalized spacial score (nSPS) is 26.9. The summed E-state index contributed by atoms with van der Waals surface area (Å²) < 4.78 is 5.52. The SMILES string of the molecule is CC1OCCC1Nc1nc(Cl)nc(N2CCCC2)n1. The van der Waals surface area contributed by atoms with Crippen molar-refractivity contribution >= 4 is 23.5 Å². The molecule has 0 saturated carbocycles. The fourth-order valence-corrected chi connectivity index (χ4v) is 2.71. The van der Waals surface area contributed by atoms with E-state index in [0.717, 1.165) is 26.1 Å². The van der Waals surface area contributed by atoms with Gasteiger partial charge >= 0.3 is 0 Å². The van der Waals surface area contributed by atoms with Gasteiger partial charge < -0.3 is 15.0 Å². The van der Waals surface area contributed by atoms with Crippen LogP contribution >= 0.6 is 11.6 Å². The van der Waals surface area contributed by atoms with Crippen molar-refractivity contribution in [3.05, 3.63) is 5.28 Å². The molecule has 3 rings (SSSR count). The molecular weight excluding hydrogens is 266 g/mol. The first-order chi connectivity index (χ1) is 9.22. The van der Waals surface area contributed by atoms with E-state index >= 15 is 0 Å². The lowest BCUT2D eigenvalue weighted by Crippen LogP contribution is -2.28. The van der Waals surface area contributed by atoms with E-state index in [1.54, 1.807) is 0 Å². The van der Waals surface area contributed by atoms with Gasteiger partial charge in [-0.05, 0) is 37.8 Å². The van der Waals surface area contributed by atoms with Crippen molar-refractivity contribution in [2.24, 2.45) is 0 Å². The second kappa shape index (κ2) is 5.46. The summed E-state index contributed by atoms with van der Waals surface area (Å²) in [4.78, 5) is 15.0. The Kier molecular flexibility index (Phi) is 3.70. The maximum absolute atomic E-state index is 5.99. The maximum atomic E-state index is 5.99. The van der Waals surface area contributed by atoms with Crippen LogP contribution in [0.3, 0.4) is 0 Å². The molecular formula is C12H18ClN5O. The largest absolute Gasteiger partial charge is 0.376 e. The minimum absolute atomic E-state index is 0.172. The summed E-state index contributed by atoms with van der Waals surface area (Å²) in [6.45, 7) is 4.80. The molecule has 2 fully saturated rings. The molecule has 0 aromatic carbocycles. The molecule has 3 heterocycles. The molecule has 2 aliphatic heterocycles. The van der Waals surface area contributed by atoms with Gasteiger partial charge in [0, 0.05) is 19.7 Å². The van der Waals surface area contributed by atoms with E-state index in [1.807, 2.05) is 0 Å². The molecule has 7 heteroatoms. The molecule has 6 nitrogen and oxygen atoms in total. The zero-order valence-electron chi connectivity index (χ0n) is 11.0. The zero-order chi connectivity index (χ0) is 13.2. The minimum atomic E-state index is 0.172. The van der Waals surface area contributed by atoms with Crippen LogP contribution in [-0.2, 0) is 4.74 Å². The van der Waals surface area contributed by atoms with Crippen LogP contribution < -0.4 is 10.2 Å². The van der Waals surface area contributed by atoms with Gasteiger partial charge in [-0.3, -0.25) is 0 Å². The molecule has 0 aliphatic carbocycles. The van der Waals surface area contributed by atoms with E-state index in [4.69, 9.17) is 16.3 Å². The Bertz CT molecular complexity index is 452. The Morgan fingerprint density at radius 1 is 1.26 bits per heavy atom. The van der Waals surface area contributed by atoms with Crippen molar-refractivity contribution in [1.29, 1.82) is 0 Å². The highest BCUT2D eigenvalue weighted by atomic mass is 35.5. The standard InChI is InChI=1S/C12H18ClN5O/c1-8-9(4-7-19-8)14-11-15-10(13)16-12(17-11)18-5-2-3-6-18/h8-9H,2-7H2,1H3,(H,14,15,16,17). The number of anilines is 2. The molecule has 0 bridgehead atoms. The van der Waals surface area contributed by atoms with E-state index in [2.05, 4.69) is 32.1 Å². The van der Waals surface area contributed by atoms with Crippen LogP contribution in [0.15, 0.2) is 0 Å². The molecule has 0 amide bonds. The average Bonchev–Trinajstić information content (AvgIpc) is 3.01. The fraction of sp³-hybridized carbons (Fsp3) is 0.750. The van der Waals surface area contributed by atoms with Crippen LogP contribution in [0.1, 0.15) is 26.2 Å². The Labute approximate surface area is 117 Å². The van der Waals surface area contributed by atoms with Gasteiger partial charge in [0.25, 0.3) is 0 Å². The number of rotatable bonds is 3. The van der Waals surface area contributed by atoms with Gasteiger partial charge in [0.05, 0.1) is 12.1 Å². The molecule has 2 atom stereocenters. The van der Waals surface area contributed by atoms with Crippen molar-refractivity contribution in [2.45, 2.75) is 38.3 Å². The topological polar surface area (TPSA) is 63.2 Å². The predicted molar refractivity (Wildman–Crippen MR) is 73.7 cm³/mol. The fourth-order valence-electron chi connectivity index (χ4n) is 2.55. The van der Waals surface area contributed by atoms with Gasteiger partial charge in [-0.15, -0.1) is 0 Å². The third-order valence-corrected chi connectivity index (χ3v) is 3.84. The summed E-state index contributed by atoms with van der Waals surface area (Å²) in [7, 11) is 0. The zero-order valence-corrected chi connectivity index (χ0v) is 11.7. The van der Waals surface area contributed by atoms with Gasteiger partial charge in [-0.25, -0.2) is 0 Å². The molecule has 2 aliphatic rings. The van der Waals surface area contributed by atoms with Gasteiger partial charge in [0.15, 0.2) is 0 Å². The lowest BCUT2D eigenvalue weighted by Gasteiger charge is -2.18. The van der Waals surface area contributed by atoms with Crippen LogP contribution in [0.4, 0.5) is 11.9 Å². The van der Waals surface area contributed by atoms with E-state index in [9.17, 15) is 0 Å². The molecule has 19 heavy (non-hydrogen) atoms. The third kappa shape index (κ3) is 2.90. The van der Waals surface area contributed by atoms with Crippen LogP contribution in [0.2, 0.25) is 5.28 Å². The Balaban J connectivity index is 1.77. The highest BCUT2D eigenvalue weighted by Crippen LogP contribution is 2.21. The summed E-state index contributed by atoms with van der Waals surface area (Å²) in [5.74, 6) is 1.22. The van der Waals surface area contributed by atoms with E-state index in [0.29, 0.717) is 11.9 Å². The van der Waals surface area contributed by atoms with Crippen LogP contribution in [0, 0.1) is 0 Å². The van der Waals surface area contributed by atoms with Crippen LogP contribution in [0.5, 0.6) is 0 Å². The Morgan fingerprint density at radius 2 is 2.05 bits per heavy atom. The van der Waals surface area contributed by atoms with Crippen molar-refractivity contribution < 1.29 is 4.74 Å². The van der Waals surface area contributed by atoms with Gasteiger partial charge in [0.1, 0.15) is 0 Å². The van der Waals surface area contributed by atoms with Crippen molar-refractivity contribution in [2.75, 3.05) is 29.9 Å². The molecule has 104 valence electrons. The number of hydrogen-bond acceptors (Lipinski definition) is 6.